The molecule has 0 amide bonds. The third-order valence-corrected chi connectivity index (χ3v) is 7.33. The zero-order valence-electron chi connectivity index (χ0n) is 35.8. The first-order valence-electron chi connectivity index (χ1n) is 18.4. The quantitative estimate of drug-likeness (QED) is 0.149. The maximum atomic E-state index is 14.0. The van der Waals surface area contributed by atoms with Crippen LogP contribution in [-0.2, 0) is 63.8 Å². The Morgan fingerprint density at radius 1 is 0.438 bits per heavy atom. The van der Waals surface area contributed by atoms with Crippen molar-refractivity contribution >= 4 is 65.7 Å². The van der Waals surface area contributed by atoms with E-state index in [0.717, 1.165) is 67.5 Å². The fraction of sp³-hybridized carbons (Fsp3) is 0.310. The molecule has 0 saturated heterocycles. The average molecular weight is 897 g/mol. The maximum Gasteiger partial charge on any atom is 0.338 e. The summed E-state index contributed by atoms with van der Waals surface area (Å²) in [6.45, 7) is 10.8. The summed E-state index contributed by atoms with van der Waals surface area (Å²) in [4.78, 5) is 130. The van der Waals surface area contributed by atoms with Crippen LogP contribution in [0.1, 0.15) is 96.8 Å². The first kappa shape index (κ1) is 50.2. The Hall–Kier alpha value is -8.17. The number of benzene rings is 3. The second-order valence-corrected chi connectivity index (χ2v) is 13.1. The van der Waals surface area contributed by atoms with Crippen molar-refractivity contribution in [2.75, 3.05) is 0 Å². The second kappa shape index (κ2) is 22.1. The van der Waals surface area contributed by atoms with Crippen molar-refractivity contribution in [1.29, 1.82) is 0 Å². The first-order valence-corrected chi connectivity index (χ1v) is 18.4. The Labute approximate surface area is 362 Å². The van der Waals surface area contributed by atoms with Crippen LogP contribution in [0, 0.1) is 0 Å². The molecule has 1 heterocycles. The molecular formula is C42H40O22. The smallest absolute Gasteiger partial charge is 0.338 e. The molecule has 22 heteroatoms. The van der Waals surface area contributed by atoms with Gasteiger partial charge in [-0.05, 0) is 24.3 Å². The molecule has 2 atom stereocenters. The van der Waals surface area contributed by atoms with Crippen molar-refractivity contribution < 1.29 is 105 Å². The molecule has 4 rings (SSSR count). The minimum atomic E-state index is -1.45. The Kier molecular flexibility index (Phi) is 17.3. The van der Waals surface area contributed by atoms with Gasteiger partial charge in [-0.25, -0.2) is 4.79 Å². The molecular weight excluding hydrogens is 856 g/mol. The van der Waals surface area contributed by atoms with E-state index in [2.05, 4.69) is 4.74 Å². The number of hydrogen-bond acceptors (Lipinski definition) is 22. The summed E-state index contributed by atoms with van der Waals surface area (Å²) in [5, 5.41) is 0. The van der Waals surface area contributed by atoms with Gasteiger partial charge < -0.3 is 52.1 Å². The monoisotopic (exact) mass is 896 g/mol. The van der Waals surface area contributed by atoms with E-state index in [1.54, 1.807) is 0 Å². The van der Waals surface area contributed by atoms with Crippen LogP contribution in [-0.4, -0.2) is 71.8 Å². The summed E-state index contributed by atoms with van der Waals surface area (Å²) in [5.74, 6) is -12.3. The summed E-state index contributed by atoms with van der Waals surface area (Å²) in [6.07, 6.45) is -3.21. The molecule has 1 aliphatic rings. The van der Waals surface area contributed by atoms with Gasteiger partial charge in [-0.1, -0.05) is 0 Å². The Bertz CT molecular complexity index is 2340. The lowest BCUT2D eigenvalue weighted by atomic mass is 9.93. The molecule has 3 aromatic rings. The number of carbonyl (C=O) groups excluding carboxylic acids is 11. The van der Waals surface area contributed by atoms with Crippen LogP contribution in [0.25, 0.3) is 0 Å². The van der Waals surface area contributed by atoms with E-state index in [-0.39, 0.29) is 34.8 Å². The standard InChI is InChI=1S/C38H34O19.C4H6O3/c1-16(39)48-26-13-28(49-17(2)40)27-15-34(57-38(47)25-11-32(52-20(5)43)37(55-23(8)46)33(12-25)53-21(6)44)35(56-29(27)14-26)24-9-30(50-18(3)41)36(54-22(7)45)31(10-24)51-19(4)42;1-3(5)7-4(2)6/h9-14,34-35H,15H2,1-8H3;1-2H3/t34-,35-;/m1./s1. The van der Waals surface area contributed by atoms with E-state index in [4.69, 9.17) is 47.4 Å². The fourth-order valence-electron chi connectivity index (χ4n) is 5.55. The minimum absolute atomic E-state index is 0.0137. The van der Waals surface area contributed by atoms with Gasteiger partial charge in [-0.3, -0.25) is 47.9 Å². The topological polar surface area (TPSA) is 289 Å². The highest BCUT2D eigenvalue weighted by Crippen LogP contribution is 2.48. The molecule has 1 aliphatic heterocycles. The van der Waals surface area contributed by atoms with Gasteiger partial charge in [0, 0.05) is 98.9 Å². The molecule has 340 valence electrons. The Balaban J connectivity index is 0.00000143. The number of ether oxygens (including phenoxy) is 11. The van der Waals surface area contributed by atoms with Crippen molar-refractivity contribution in [3.63, 3.8) is 0 Å². The van der Waals surface area contributed by atoms with E-state index in [1.807, 2.05) is 0 Å². The highest BCUT2D eigenvalue weighted by Gasteiger charge is 2.39. The normalized spacial score (nSPS) is 13.3. The largest absolute Gasteiger partial charge is 0.481 e. The molecule has 3 aromatic carbocycles. The molecule has 0 radical (unpaired) electrons. The Morgan fingerprint density at radius 2 is 0.812 bits per heavy atom. The van der Waals surface area contributed by atoms with Gasteiger partial charge in [0.2, 0.25) is 11.5 Å². The van der Waals surface area contributed by atoms with Crippen molar-refractivity contribution in [2.24, 2.45) is 0 Å². The zero-order valence-corrected chi connectivity index (χ0v) is 35.8. The molecule has 0 aliphatic carbocycles. The Morgan fingerprint density at radius 3 is 1.17 bits per heavy atom. The van der Waals surface area contributed by atoms with E-state index in [0.29, 0.717) is 0 Å². The van der Waals surface area contributed by atoms with E-state index < -0.39 is 118 Å². The van der Waals surface area contributed by atoms with E-state index in [1.165, 1.54) is 38.1 Å². The molecule has 0 fully saturated rings. The van der Waals surface area contributed by atoms with Gasteiger partial charge in [0.15, 0.2) is 29.1 Å². The highest BCUT2D eigenvalue weighted by molar-refractivity contribution is 5.93. The molecule has 0 saturated carbocycles. The molecule has 0 unspecified atom stereocenters. The summed E-state index contributed by atoms with van der Waals surface area (Å²) in [6, 6.07) is 6.81. The van der Waals surface area contributed by atoms with Crippen LogP contribution in [0.15, 0.2) is 36.4 Å². The van der Waals surface area contributed by atoms with Crippen LogP contribution in [0.3, 0.4) is 0 Å². The summed E-state index contributed by atoms with van der Waals surface area (Å²) >= 11 is 0. The molecule has 0 N–H and O–H groups in total. The predicted octanol–water partition coefficient (Wildman–Crippen LogP) is 4.09. The zero-order chi connectivity index (χ0) is 48.2. The van der Waals surface area contributed by atoms with Crippen molar-refractivity contribution in [3.05, 3.63) is 53.1 Å². The number of carbonyl (C=O) groups is 11. The minimum Gasteiger partial charge on any atom is -0.481 e. The molecule has 64 heavy (non-hydrogen) atoms. The maximum absolute atomic E-state index is 14.0. The lowest BCUT2D eigenvalue weighted by Crippen LogP contribution is -2.35. The van der Waals surface area contributed by atoms with Crippen LogP contribution in [0.4, 0.5) is 0 Å². The number of hydrogen-bond donors (Lipinski definition) is 0. The van der Waals surface area contributed by atoms with E-state index >= 15 is 0 Å². The van der Waals surface area contributed by atoms with Crippen LogP contribution >= 0.6 is 0 Å². The third kappa shape index (κ3) is 15.1. The van der Waals surface area contributed by atoms with Crippen LogP contribution < -0.4 is 42.6 Å². The SMILES string of the molecule is CC(=O)OC(C)=O.CC(=O)Oc1cc(OC(C)=O)c2c(c1)O[C@H](c1cc(OC(C)=O)c(OC(C)=O)c(OC(C)=O)c1)[C@H](OC(=O)c1cc(OC(C)=O)c(OC(C)=O)c(OC(C)=O)c1)C2. The number of fused-ring (bicyclic) bond motifs is 1. The van der Waals surface area contributed by atoms with Gasteiger partial charge in [-0.2, -0.15) is 0 Å². The lowest BCUT2D eigenvalue weighted by molar-refractivity contribution is -0.156. The second-order valence-electron chi connectivity index (χ2n) is 13.1. The van der Waals surface area contributed by atoms with Gasteiger partial charge in [-0.15, -0.1) is 0 Å². The lowest BCUT2D eigenvalue weighted by Gasteiger charge is -2.34. The number of rotatable bonds is 11. The average Bonchev–Trinajstić information content (AvgIpc) is 3.12. The summed E-state index contributed by atoms with van der Waals surface area (Å²) in [7, 11) is 0. The summed E-state index contributed by atoms with van der Waals surface area (Å²) < 4.78 is 58.1. The molecule has 0 bridgehead atoms. The van der Waals surface area contributed by atoms with Gasteiger partial charge >= 0.3 is 65.7 Å². The molecule has 22 nitrogen and oxygen atoms in total. The van der Waals surface area contributed by atoms with Crippen molar-refractivity contribution in [1.82, 2.24) is 0 Å². The van der Waals surface area contributed by atoms with Crippen LogP contribution in [0.2, 0.25) is 0 Å². The van der Waals surface area contributed by atoms with Crippen LogP contribution in [0.5, 0.6) is 51.7 Å². The van der Waals surface area contributed by atoms with Gasteiger partial charge in [0.25, 0.3) is 0 Å². The first-order chi connectivity index (χ1) is 29.8. The van der Waals surface area contributed by atoms with Gasteiger partial charge in [0.1, 0.15) is 23.4 Å². The third-order valence-electron chi connectivity index (χ3n) is 7.33. The van der Waals surface area contributed by atoms with Gasteiger partial charge in [0.05, 0.1) is 5.56 Å². The van der Waals surface area contributed by atoms with Crippen molar-refractivity contribution in [3.8, 4) is 51.7 Å². The van der Waals surface area contributed by atoms with E-state index in [9.17, 15) is 52.7 Å². The highest BCUT2D eigenvalue weighted by atomic mass is 16.6. The predicted molar refractivity (Wildman–Crippen MR) is 209 cm³/mol. The number of esters is 11. The summed E-state index contributed by atoms with van der Waals surface area (Å²) in [5.41, 5.74) is -0.279. The van der Waals surface area contributed by atoms with Crippen molar-refractivity contribution in [2.45, 2.75) is 87.9 Å². The molecule has 0 spiro atoms. The molecule has 0 aromatic heterocycles. The fourth-order valence-corrected chi connectivity index (χ4v) is 5.55.